The zero-order valence-electron chi connectivity index (χ0n) is 15.6. The maximum Gasteiger partial charge on any atom is 0.258 e. The highest BCUT2D eigenvalue weighted by molar-refractivity contribution is 7.89. The topological polar surface area (TPSA) is 83.5 Å². The number of nitrogens with one attached hydrogen (secondary N) is 1. The monoisotopic (exact) mass is 402 g/mol. The molecule has 3 rings (SSSR count). The molecule has 1 aliphatic rings. The zero-order valence-corrected chi connectivity index (χ0v) is 16.4. The van der Waals surface area contributed by atoms with Gasteiger partial charge in [-0.25, -0.2) is 17.1 Å². The summed E-state index contributed by atoms with van der Waals surface area (Å²) < 4.78 is 39.6. The first kappa shape index (κ1) is 19.9. The van der Waals surface area contributed by atoms with Crippen molar-refractivity contribution < 1.29 is 22.4 Å². The lowest BCUT2D eigenvalue weighted by atomic mass is 9.90. The molecule has 6 nitrogen and oxygen atoms in total. The third kappa shape index (κ3) is 3.74. The van der Waals surface area contributed by atoms with E-state index in [0.717, 1.165) is 39.2 Å². The van der Waals surface area contributed by atoms with Crippen molar-refractivity contribution in [2.75, 3.05) is 19.4 Å². The number of amides is 1. The lowest BCUT2D eigenvalue weighted by molar-refractivity contribution is -0.114. The molecule has 0 bridgehead atoms. The van der Waals surface area contributed by atoms with E-state index in [-0.39, 0.29) is 16.2 Å². The molecule has 146 valence electrons. The van der Waals surface area contributed by atoms with Gasteiger partial charge in [-0.3, -0.25) is 9.59 Å². The molecule has 2 aromatic carbocycles. The molecule has 0 aromatic heterocycles. The van der Waals surface area contributed by atoms with Crippen LogP contribution in [-0.2, 0) is 21.2 Å². The molecule has 0 fully saturated rings. The fourth-order valence-corrected chi connectivity index (χ4v) is 3.91. The van der Waals surface area contributed by atoms with Gasteiger partial charge in [-0.15, -0.1) is 0 Å². The molecular formula is C20H19FN2O4S. The third-order valence-corrected chi connectivity index (χ3v) is 6.31. The number of nitrogens with zero attached hydrogens (tertiary/aromatic N) is 1. The molecule has 0 unspecified atom stereocenters. The Morgan fingerprint density at radius 2 is 1.86 bits per heavy atom. The molecule has 0 radical (unpaired) electrons. The van der Waals surface area contributed by atoms with Crippen LogP contribution in [0.3, 0.4) is 0 Å². The summed E-state index contributed by atoms with van der Waals surface area (Å²) in [5.74, 6) is -1.57. The van der Waals surface area contributed by atoms with E-state index in [1.807, 2.05) is 0 Å². The Bertz CT molecular complexity index is 1120. The van der Waals surface area contributed by atoms with Gasteiger partial charge in [0.05, 0.1) is 10.5 Å². The number of ketones is 1. The first-order valence-electron chi connectivity index (χ1n) is 8.47. The predicted molar refractivity (Wildman–Crippen MR) is 104 cm³/mol. The SMILES string of the molecule is CC1=CC(=O)Cc2ccc(NC(=O)c3cc(S(=O)(=O)N(C)C)ccc3F)cc21. The van der Waals surface area contributed by atoms with Crippen LogP contribution in [0.2, 0.25) is 0 Å². The molecule has 0 spiro atoms. The van der Waals surface area contributed by atoms with E-state index in [9.17, 15) is 22.4 Å². The molecule has 1 aliphatic carbocycles. The number of halogens is 1. The standard InChI is InChI=1S/C20H19FN2O4S/c1-12-8-15(24)9-13-4-5-14(10-17(12)13)22-20(25)18-11-16(6-7-19(18)21)28(26,27)23(2)3/h4-8,10-11H,9H2,1-3H3,(H,22,25). The van der Waals surface area contributed by atoms with Gasteiger partial charge < -0.3 is 5.32 Å². The average Bonchev–Trinajstić information content (AvgIpc) is 2.62. The molecule has 0 atom stereocenters. The smallest absolute Gasteiger partial charge is 0.258 e. The summed E-state index contributed by atoms with van der Waals surface area (Å²) >= 11 is 0. The van der Waals surface area contributed by atoms with Gasteiger partial charge in [0.1, 0.15) is 5.82 Å². The number of allylic oxidation sites excluding steroid dienone is 2. The van der Waals surface area contributed by atoms with Gasteiger partial charge in [0.25, 0.3) is 5.91 Å². The minimum Gasteiger partial charge on any atom is -0.322 e. The van der Waals surface area contributed by atoms with Crippen LogP contribution >= 0.6 is 0 Å². The molecule has 8 heteroatoms. The van der Waals surface area contributed by atoms with Crippen LogP contribution in [0.1, 0.15) is 28.4 Å². The van der Waals surface area contributed by atoms with E-state index in [2.05, 4.69) is 5.32 Å². The van der Waals surface area contributed by atoms with Crippen LogP contribution in [0.4, 0.5) is 10.1 Å². The first-order valence-corrected chi connectivity index (χ1v) is 9.91. The predicted octanol–water partition coefficient (Wildman–Crippen LogP) is 2.86. The second-order valence-corrected chi connectivity index (χ2v) is 8.88. The first-order chi connectivity index (χ1) is 13.1. The normalized spacial score (nSPS) is 13.9. The molecule has 28 heavy (non-hydrogen) atoms. The number of hydrogen-bond donors (Lipinski definition) is 1. The Labute approximate surface area is 162 Å². The van der Waals surface area contributed by atoms with Crippen LogP contribution in [0.5, 0.6) is 0 Å². The van der Waals surface area contributed by atoms with Crippen molar-refractivity contribution in [1.29, 1.82) is 0 Å². The average molecular weight is 402 g/mol. The second-order valence-electron chi connectivity index (χ2n) is 6.73. The number of anilines is 1. The molecule has 0 saturated heterocycles. The van der Waals surface area contributed by atoms with E-state index in [4.69, 9.17) is 0 Å². The van der Waals surface area contributed by atoms with Crippen molar-refractivity contribution in [2.45, 2.75) is 18.2 Å². The van der Waals surface area contributed by atoms with Crippen molar-refractivity contribution >= 4 is 33.0 Å². The summed E-state index contributed by atoms with van der Waals surface area (Å²) in [5.41, 5.74) is 2.52. The van der Waals surface area contributed by atoms with Gasteiger partial charge in [-0.1, -0.05) is 6.07 Å². The molecule has 2 aromatic rings. The second kappa shape index (κ2) is 7.29. The lowest BCUT2D eigenvalue weighted by Crippen LogP contribution is -2.23. The summed E-state index contributed by atoms with van der Waals surface area (Å²) in [6.07, 6.45) is 1.84. The number of sulfonamides is 1. The fourth-order valence-electron chi connectivity index (χ4n) is 2.98. The van der Waals surface area contributed by atoms with Gasteiger partial charge in [0.2, 0.25) is 10.0 Å². The minimum absolute atomic E-state index is 0.0165. The van der Waals surface area contributed by atoms with Gasteiger partial charge in [0.15, 0.2) is 5.78 Å². The molecule has 0 heterocycles. The van der Waals surface area contributed by atoms with Crippen LogP contribution in [-0.4, -0.2) is 38.5 Å². The van der Waals surface area contributed by atoms with E-state index in [1.54, 1.807) is 31.2 Å². The van der Waals surface area contributed by atoms with Gasteiger partial charge in [-0.2, -0.15) is 0 Å². The van der Waals surface area contributed by atoms with Crippen molar-refractivity contribution in [3.8, 4) is 0 Å². The summed E-state index contributed by atoms with van der Waals surface area (Å²) in [6.45, 7) is 1.80. The highest BCUT2D eigenvalue weighted by atomic mass is 32.2. The number of carbonyl (C=O) groups is 2. The van der Waals surface area contributed by atoms with Crippen LogP contribution in [0.15, 0.2) is 47.4 Å². The lowest BCUT2D eigenvalue weighted by Gasteiger charge is -2.16. The molecule has 1 N–H and O–H groups in total. The maximum atomic E-state index is 14.2. The minimum atomic E-state index is -3.80. The largest absolute Gasteiger partial charge is 0.322 e. The van der Waals surface area contributed by atoms with E-state index in [1.165, 1.54) is 14.1 Å². The maximum absolute atomic E-state index is 14.2. The van der Waals surface area contributed by atoms with Crippen molar-refractivity contribution in [3.63, 3.8) is 0 Å². The third-order valence-electron chi connectivity index (χ3n) is 4.50. The quantitative estimate of drug-likeness (QED) is 0.852. The summed E-state index contributed by atoms with van der Waals surface area (Å²) in [4.78, 5) is 24.0. The Morgan fingerprint density at radius 3 is 2.54 bits per heavy atom. The van der Waals surface area contributed by atoms with E-state index < -0.39 is 21.7 Å². The zero-order chi connectivity index (χ0) is 20.6. The van der Waals surface area contributed by atoms with E-state index in [0.29, 0.717) is 12.1 Å². The van der Waals surface area contributed by atoms with Crippen molar-refractivity contribution in [2.24, 2.45) is 0 Å². The summed E-state index contributed by atoms with van der Waals surface area (Å²) in [5, 5.41) is 2.59. The summed E-state index contributed by atoms with van der Waals surface area (Å²) in [7, 11) is -1.09. The van der Waals surface area contributed by atoms with Gasteiger partial charge in [-0.05, 0) is 60.0 Å². The molecule has 0 saturated carbocycles. The van der Waals surface area contributed by atoms with Crippen LogP contribution in [0.25, 0.3) is 5.57 Å². The van der Waals surface area contributed by atoms with Crippen LogP contribution < -0.4 is 5.32 Å². The summed E-state index contributed by atoms with van der Waals surface area (Å²) in [6, 6.07) is 8.16. The number of carbonyl (C=O) groups excluding carboxylic acids is 2. The fraction of sp³-hybridized carbons (Fsp3) is 0.200. The molecule has 0 aliphatic heterocycles. The Morgan fingerprint density at radius 1 is 1.14 bits per heavy atom. The Balaban J connectivity index is 1.92. The van der Waals surface area contributed by atoms with Crippen molar-refractivity contribution in [1.82, 2.24) is 4.31 Å². The van der Waals surface area contributed by atoms with Crippen molar-refractivity contribution in [3.05, 3.63) is 65.0 Å². The number of rotatable bonds is 4. The van der Waals surface area contributed by atoms with Crippen LogP contribution in [0, 0.1) is 5.82 Å². The van der Waals surface area contributed by atoms with Gasteiger partial charge >= 0.3 is 0 Å². The van der Waals surface area contributed by atoms with E-state index >= 15 is 0 Å². The molecule has 1 amide bonds. The highest BCUT2D eigenvalue weighted by Gasteiger charge is 2.22. The molecular weight excluding hydrogens is 383 g/mol. The highest BCUT2D eigenvalue weighted by Crippen LogP contribution is 2.28. The number of hydrogen-bond acceptors (Lipinski definition) is 4. The Kier molecular flexibility index (Phi) is 5.18. The number of fused-ring (bicyclic) bond motifs is 1. The Hall–Kier alpha value is -2.84. The van der Waals surface area contributed by atoms with Gasteiger partial charge in [0, 0.05) is 26.2 Å². The number of benzene rings is 2.